The van der Waals surface area contributed by atoms with Crippen LogP contribution in [0.4, 0.5) is 0 Å². The SMILES string of the molecule is CC(N)(CC(C(=O)O[B]O)c1ccccc1)C(C)(C)C(=O)OCc1c2ccccc2cc2ccccc12. The number of rotatable bonds is 9. The Morgan fingerprint density at radius 2 is 1.43 bits per heavy atom. The first kappa shape index (κ1) is 26.4. The van der Waals surface area contributed by atoms with E-state index in [4.69, 9.17) is 20.1 Å². The molecule has 0 aliphatic heterocycles. The largest absolute Gasteiger partial charge is 0.571 e. The van der Waals surface area contributed by atoms with Crippen LogP contribution in [0.15, 0.2) is 84.9 Å². The highest BCUT2D eigenvalue weighted by atomic mass is 16.6. The second kappa shape index (κ2) is 10.7. The van der Waals surface area contributed by atoms with Gasteiger partial charge in [0.1, 0.15) is 6.61 Å². The summed E-state index contributed by atoms with van der Waals surface area (Å²) in [4.78, 5) is 26.2. The minimum absolute atomic E-state index is 0.0871. The van der Waals surface area contributed by atoms with Gasteiger partial charge in [-0.05, 0) is 60.4 Å². The van der Waals surface area contributed by atoms with E-state index >= 15 is 0 Å². The van der Waals surface area contributed by atoms with Gasteiger partial charge in [0.2, 0.25) is 0 Å². The first-order valence-electron chi connectivity index (χ1n) is 12.2. The molecule has 0 aliphatic rings. The number of hydrogen-bond donors (Lipinski definition) is 2. The first-order chi connectivity index (χ1) is 17.7. The monoisotopic (exact) mass is 496 g/mol. The van der Waals surface area contributed by atoms with Crippen LogP contribution in [0.3, 0.4) is 0 Å². The van der Waals surface area contributed by atoms with Crippen molar-refractivity contribution in [2.24, 2.45) is 11.1 Å². The number of benzene rings is 4. The summed E-state index contributed by atoms with van der Waals surface area (Å²) >= 11 is 0. The summed E-state index contributed by atoms with van der Waals surface area (Å²) in [6.07, 6.45) is 0.100. The maximum atomic E-state index is 13.5. The molecule has 4 rings (SSSR count). The summed E-state index contributed by atoms with van der Waals surface area (Å²) < 4.78 is 10.7. The fourth-order valence-electron chi connectivity index (χ4n) is 4.65. The molecule has 4 aromatic rings. The minimum Gasteiger partial charge on any atom is -0.510 e. The molecule has 0 aromatic heterocycles. The number of fused-ring (bicyclic) bond motifs is 2. The van der Waals surface area contributed by atoms with Crippen LogP contribution >= 0.6 is 0 Å². The van der Waals surface area contributed by atoms with E-state index < -0.39 is 28.8 Å². The molecule has 0 amide bonds. The molecule has 6 nitrogen and oxygen atoms in total. The van der Waals surface area contributed by atoms with Gasteiger partial charge in [0.25, 0.3) is 5.97 Å². The molecule has 0 saturated carbocycles. The van der Waals surface area contributed by atoms with E-state index in [-0.39, 0.29) is 13.0 Å². The minimum atomic E-state index is -1.15. The van der Waals surface area contributed by atoms with Crippen molar-refractivity contribution in [1.29, 1.82) is 0 Å². The van der Waals surface area contributed by atoms with Gasteiger partial charge in [0.05, 0.1) is 11.3 Å². The molecule has 0 aliphatic carbocycles. The van der Waals surface area contributed by atoms with Gasteiger partial charge in [-0.1, -0.05) is 78.9 Å². The highest BCUT2D eigenvalue weighted by Crippen LogP contribution is 2.39. The summed E-state index contributed by atoms with van der Waals surface area (Å²) in [6, 6.07) is 27.2. The molecule has 1 radical (unpaired) electrons. The smallest absolute Gasteiger partial charge is 0.510 e. The fraction of sp³-hybridized carbons (Fsp3) is 0.267. The number of carbonyl (C=O) groups is 2. The van der Waals surface area contributed by atoms with E-state index in [1.165, 1.54) is 0 Å². The predicted octanol–water partition coefficient (Wildman–Crippen LogP) is 5.02. The normalized spacial score (nSPS) is 14.1. The van der Waals surface area contributed by atoms with Crippen LogP contribution < -0.4 is 5.73 Å². The first-order valence-corrected chi connectivity index (χ1v) is 12.2. The molecule has 0 spiro atoms. The van der Waals surface area contributed by atoms with Crippen LogP contribution in [-0.4, -0.2) is 30.2 Å². The third-order valence-corrected chi connectivity index (χ3v) is 7.45. The number of carbonyl (C=O) groups excluding carboxylic acids is 2. The van der Waals surface area contributed by atoms with Gasteiger partial charge in [-0.3, -0.25) is 9.59 Å². The van der Waals surface area contributed by atoms with Gasteiger partial charge < -0.3 is 20.1 Å². The Morgan fingerprint density at radius 1 is 0.892 bits per heavy atom. The molecule has 2 atom stereocenters. The molecule has 0 saturated heterocycles. The van der Waals surface area contributed by atoms with Gasteiger partial charge in [-0.25, -0.2) is 0 Å². The molecule has 37 heavy (non-hydrogen) atoms. The van der Waals surface area contributed by atoms with E-state index in [1.54, 1.807) is 45.0 Å². The second-order valence-corrected chi connectivity index (χ2v) is 10.1. The lowest BCUT2D eigenvalue weighted by Gasteiger charge is -2.41. The van der Waals surface area contributed by atoms with Crippen molar-refractivity contribution in [2.75, 3.05) is 0 Å². The maximum absolute atomic E-state index is 13.5. The third kappa shape index (κ3) is 5.38. The lowest BCUT2D eigenvalue weighted by molar-refractivity contribution is -0.160. The Bertz CT molecular complexity index is 1360. The molecular weight excluding hydrogens is 465 g/mol. The topological polar surface area (TPSA) is 98.9 Å². The Morgan fingerprint density at radius 3 is 2.00 bits per heavy atom. The molecule has 7 heteroatoms. The predicted molar refractivity (Wildman–Crippen MR) is 145 cm³/mol. The Labute approximate surface area is 217 Å². The molecule has 4 aromatic carbocycles. The number of nitrogens with two attached hydrogens (primary N) is 1. The second-order valence-electron chi connectivity index (χ2n) is 10.1. The zero-order valence-corrected chi connectivity index (χ0v) is 21.3. The lowest BCUT2D eigenvalue weighted by Crippen LogP contribution is -2.56. The summed E-state index contributed by atoms with van der Waals surface area (Å²) in [5.74, 6) is -1.91. The molecule has 3 N–H and O–H groups in total. The highest BCUT2D eigenvalue weighted by molar-refractivity contribution is 6.20. The van der Waals surface area contributed by atoms with Crippen LogP contribution in [0.1, 0.15) is 44.2 Å². The third-order valence-electron chi connectivity index (χ3n) is 7.45. The molecular formula is C30H31BNO5. The average molecular weight is 496 g/mol. The van der Waals surface area contributed by atoms with Crippen molar-refractivity contribution in [2.45, 2.75) is 45.3 Å². The maximum Gasteiger partial charge on any atom is 0.571 e. The summed E-state index contributed by atoms with van der Waals surface area (Å²) in [5.41, 5.74) is 6.04. The van der Waals surface area contributed by atoms with Crippen LogP contribution in [0.5, 0.6) is 0 Å². The number of hydrogen-bond acceptors (Lipinski definition) is 6. The number of esters is 1. The standard InChI is InChI=1S/C30H31BNO5/c1-29(2,30(3,32)18-25(27(33)37-31-35)20-11-5-4-6-12-20)28(34)36-19-26-23-15-9-7-13-21(23)17-22-14-8-10-16-24(22)26/h4-17,25,35H,18-19,32H2,1-3H3. The molecule has 0 fully saturated rings. The van der Waals surface area contributed by atoms with Crippen molar-refractivity contribution in [3.8, 4) is 0 Å². The lowest BCUT2D eigenvalue weighted by atomic mass is 9.68. The van der Waals surface area contributed by atoms with Crippen molar-refractivity contribution < 1.29 is 24.0 Å². The van der Waals surface area contributed by atoms with Gasteiger partial charge in [0.15, 0.2) is 0 Å². The highest BCUT2D eigenvalue weighted by Gasteiger charge is 2.47. The molecule has 189 valence electrons. The summed E-state index contributed by atoms with van der Waals surface area (Å²) in [5, 5.41) is 13.2. The van der Waals surface area contributed by atoms with Crippen molar-refractivity contribution in [3.63, 3.8) is 0 Å². The van der Waals surface area contributed by atoms with Gasteiger partial charge in [0, 0.05) is 11.1 Å². The molecule has 0 heterocycles. The van der Waals surface area contributed by atoms with Gasteiger partial charge in [-0.15, -0.1) is 0 Å². The van der Waals surface area contributed by atoms with Crippen LogP contribution in [0, 0.1) is 5.41 Å². The zero-order valence-electron chi connectivity index (χ0n) is 21.3. The quantitative estimate of drug-likeness (QED) is 0.192. The molecule has 0 bridgehead atoms. The van der Waals surface area contributed by atoms with Crippen LogP contribution in [-0.2, 0) is 25.6 Å². The van der Waals surface area contributed by atoms with Crippen molar-refractivity contribution in [1.82, 2.24) is 0 Å². The average Bonchev–Trinajstić information content (AvgIpc) is 2.90. The van der Waals surface area contributed by atoms with Gasteiger partial charge >= 0.3 is 13.7 Å². The van der Waals surface area contributed by atoms with Crippen LogP contribution in [0.2, 0.25) is 0 Å². The Kier molecular flexibility index (Phi) is 7.67. The summed E-state index contributed by atoms with van der Waals surface area (Å²) in [6.45, 7) is 5.27. The van der Waals surface area contributed by atoms with E-state index in [9.17, 15) is 9.59 Å². The Balaban J connectivity index is 1.59. The van der Waals surface area contributed by atoms with Crippen molar-refractivity contribution in [3.05, 3.63) is 96.1 Å². The zero-order chi connectivity index (χ0) is 26.6. The van der Waals surface area contributed by atoms with Gasteiger partial charge in [-0.2, -0.15) is 0 Å². The van der Waals surface area contributed by atoms with E-state index in [0.717, 1.165) is 27.1 Å². The number of ether oxygens (including phenoxy) is 1. The molecule has 2 unspecified atom stereocenters. The van der Waals surface area contributed by atoms with E-state index in [1.807, 2.05) is 54.6 Å². The van der Waals surface area contributed by atoms with Crippen molar-refractivity contribution >= 4 is 41.2 Å². The Hall–Kier alpha value is -3.68. The van der Waals surface area contributed by atoms with E-state index in [0.29, 0.717) is 13.2 Å². The fourth-order valence-corrected chi connectivity index (χ4v) is 4.65. The van der Waals surface area contributed by atoms with E-state index in [2.05, 4.69) is 6.07 Å². The van der Waals surface area contributed by atoms with Crippen LogP contribution in [0.25, 0.3) is 21.5 Å². The summed E-state index contributed by atoms with van der Waals surface area (Å²) in [7, 11) is 0.361.